The molecule has 0 unspecified atom stereocenters. The third-order valence-electron chi connectivity index (χ3n) is 20.5. The number of ether oxygens (including phenoxy) is 2. The zero-order valence-corrected chi connectivity index (χ0v) is 75.3. The van der Waals surface area contributed by atoms with Gasteiger partial charge in [0.2, 0.25) is 0 Å². The minimum Gasteiger partial charge on any atom is -0.496 e. The van der Waals surface area contributed by atoms with Gasteiger partial charge >= 0.3 is 6.03 Å². The second-order valence-electron chi connectivity index (χ2n) is 31.6. The Morgan fingerprint density at radius 1 is 0.246 bits per heavy atom. The molecule has 0 aliphatic rings. The molecule has 7 nitrogen and oxygen atoms in total. The van der Waals surface area contributed by atoms with Crippen molar-refractivity contribution in [3.05, 3.63) is 468 Å². The number of hydrogen-bond donors (Lipinski definition) is 3. The summed E-state index contributed by atoms with van der Waals surface area (Å²) in [5.74, 6) is 1.39. The van der Waals surface area contributed by atoms with Gasteiger partial charge in [-0.15, -0.1) is 0 Å². The number of methoxy groups -OCH3 is 2. The predicted octanol–water partition coefficient (Wildman–Crippen LogP) is 30.7. The van der Waals surface area contributed by atoms with Gasteiger partial charge in [-0.3, -0.25) is 4.79 Å². The van der Waals surface area contributed by atoms with Gasteiger partial charge in [0.15, 0.2) is 0 Å². The molecule has 122 heavy (non-hydrogen) atoms. The summed E-state index contributed by atoms with van der Waals surface area (Å²) in [6.45, 7) is 37.7. The molecule has 0 saturated heterocycles. The molecular formula is C115H123N3O4. The maximum absolute atomic E-state index is 12.0. The molecule has 0 spiro atoms. The first-order valence-corrected chi connectivity index (χ1v) is 41.7. The lowest BCUT2D eigenvalue weighted by molar-refractivity contribution is 0.102. The Morgan fingerprint density at radius 2 is 0.533 bits per heavy atom. The number of carbonyl (C=O) groups is 2. The highest BCUT2D eigenvalue weighted by molar-refractivity contribution is 6.04. The lowest BCUT2D eigenvalue weighted by Gasteiger charge is -2.11. The smallest absolute Gasteiger partial charge is 0.323 e. The molecule has 0 heterocycles. The molecule has 0 atom stereocenters. The highest BCUT2D eigenvalue weighted by Crippen LogP contribution is 2.30. The molecule has 3 amide bonds. The molecule has 622 valence electrons. The van der Waals surface area contributed by atoms with Gasteiger partial charge in [0.05, 0.1) is 14.2 Å². The number of aryl methyl sites for hydroxylation is 18. The topological polar surface area (TPSA) is 88.7 Å². The average Bonchev–Trinajstić information content (AvgIpc) is 0.813. The maximum atomic E-state index is 12.0. The van der Waals surface area contributed by atoms with E-state index in [2.05, 4.69) is 380 Å². The fourth-order valence-electron chi connectivity index (χ4n) is 12.9. The van der Waals surface area contributed by atoms with Gasteiger partial charge in [0.1, 0.15) is 11.5 Å². The van der Waals surface area contributed by atoms with Crippen molar-refractivity contribution in [3.8, 4) is 44.9 Å². The first kappa shape index (κ1) is 93.9. The first-order chi connectivity index (χ1) is 58.5. The van der Waals surface area contributed by atoms with Gasteiger partial charge in [0.25, 0.3) is 5.91 Å². The van der Waals surface area contributed by atoms with E-state index in [1.165, 1.54) is 139 Å². The second kappa shape index (κ2) is 48.4. The zero-order valence-electron chi connectivity index (χ0n) is 75.3. The van der Waals surface area contributed by atoms with Crippen molar-refractivity contribution >= 4 is 41.2 Å². The Morgan fingerprint density at radius 3 is 0.844 bits per heavy atom. The SMILES string of the molecule is COc1cc(NC(=O)Nc2ccc(C)c(OC)c2)ccc1C.Cc1ccc(-c2ccc(-c3ccc(C)cc3)cc2)cc1.Cc1ccc(-c2ccc(C)cc2C)c(C)c1.Cc1ccc(C=Cc2ccc(C)cc2)cc1.Cc1ccc(Cc2ccc(C)cc2)cc1.Cc1ccc(NC(=O)c2ccc(C)cc2)cc1.Cc1cccc(C)c1.Cc1ccccc1C. The van der Waals surface area contributed by atoms with Crippen molar-refractivity contribution in [3.63, 3.8) is 0 Å². The molecule has 3 N–H and O–H groups in total. The average molecular weight is 1610 g/mol. The van der Waals surface area contributed by atoms with Crippen molar-refractivity contribution < 1.29 is 19.1 Å². The third kappa shape index (κ3) is 32.6. The fraction of sp³-hybridized carbons (Fsp3) is 0.183. The number of benzene rings is 15. The molecule has 0 radical (unpaired) electrons. The Labute approximate surface area is 729 Å². The van der Waals surface area contributed by atoms with Gasteiger partial charge in [-0.2, -0.15) is 0 Å². The zero-order chi connectivity index (χ0) is 88.0. The second-order valence-corrected chi connectivity index (χ2v) is 31.6. The van der Waals surface area contributed by atoms with E-state index in [-0.39, 0.29) is 11.9 Å². The van der Waals surface area contributed by atoms with Crippen molar-refractivity contribution in [2.75, 3.05) is 30.2 Å². The third-order valence-corrected chi connectivity index (χ3v) is 20.5. The van der Waals surface area contributed by atoms with Crippen molar-refractivity contribution in [1.82, 2.24) is 0 Å². The Kier molecular flexibility index (Phi) is 37.3. The van der Waals surface area contributed by atoms with Crippen LogP contribution in [-0.4, -0.2) is 26.2 Å². The lowest BCUT2D eigenvalue weighted by atomic mass is 9.94. The quantitative estimate of drug-likeness (QED) is 0.100. The van der Waals surface area contributed by atoms with Crippen LogP contribution in [0, 0.1) is 125 Å². The normalized spacial score (nSPS) is 10.2. The van der Waals surface area contributed by atoms with E-state index >= 15 is 0 Å². The summed E-state index contributed by atoms with van der Waals surface area (Å²) in [4.78, 5) is 23.9. The van der Waals surface area contributed by atoms with Gasteiger partial charge in [0, 0.05) is 34.8 Å². The summed E-state index contributed by atoms with van der Waals surface area (Å²) >= 11 is 0. The van der Waals surface area contributed by atoms with Crippen LogP contribution in [0.1, 0.15) is 133 Å². The Bertz CT molecular complexity index is 5470. The van der Waals surface area contributed by atoms with E-state index in [1.807, 2.05) is 100 Å². The molecular weight excluding hydrogens is 1490 g/mol. The van der Waals surface area contributed by atoms with Crippen LogP contribution < -0.4 is 25.4 Å². The molecule has 0 fully saturated rings. The number of carbonyl (C=O) groups excluding carboxylic acids is 2. The van der Waals surface area contributed by atoms with E-state index in [4.69, 9.17) is 9.47 Å². The summed E-state index contributed by atoms with van der Waals surface area (Å²) in [5.41, 5.74) is 38.8. The Hall–Kier alpha value is -13.6. The molecule has 0 aliphatic heterocycles. The number of hydrogen-bond acceptors (Lipinski definition) is 4. The number of nitrogens with one attached hydrogen (secondary N) is 3. The van der Waals surface area contributed by atoms with Crippen LogP contribution in [-0.2, 0) is 6.42 Å². The number of rotatable bonds is 13. The number of anilines is 3. The van der Waals surface area contributed by atoms with Crippen LogP contribution in [0.3, 0.4) is 0 Å². The van der Waals surface area contributed by atoms with Crippen LogP contribution in [0.5, 0.6) is 11.5 Å². The van der Waals surface area contributed by atoms with Gasteiger partial charge in [-0.25, -0.2) is 4.79 Å². The fourth-order valence-corrected chi connectivity index (χ4v) is 12.9. The lowest BCUT2D eigenvalue weighted by Crippen LogP contribution is -2.19. The van der Waals surface area contributed by atoms with E-state index in [0.29, 0.717) is 16.9 Å². The van der Waals surface area contributed by atoms with Crippen LogP contribution >= 0.6 is 0 Å². The minimum absolute atomic E-state index is 0.0751. The van der Waals surface area contributed by atoms with Crippen molar-refractivity contribution in [1.29, 1.82) is 0 Å². The Balaban J connectivity index is 0.000000176. The number of amides is 3. The standard InChI is InChI=1S/C20H18.C17H20N2O3.C16H18.C16H16.C15H15NO.C15H16.2C8H10/c1-15-3-7-17(8-4-15)19-11-13-20(14-12-19)18-9-5-16(2)6-10-18;1-11-5-7-13(9-15(11)21-3)18-17(20)19-14-8-6-12(2)16(10-14)22-4;1-11-5-7-15(13(3)9-11)16-8-6-12(2)10-14(16)4;1-13-3-7-15(8-4-13)11-12-16-9-5-14(2)6-10-16;1-11-3-7-13(8-4-11)15(17)16-14-9-5-12(2)6-10-14;1-12-3-7-14(8-4-12)11-15-9-5-13(2)6-10-15;1-7-4-3-5-8(2)6-7;1-7-5-3-4-6-8(7)2/h3-14H,1-2H3;5-10H,1-4H3,(H2,18,19,20);5-10H,1-4H3;3-12H,1-2H3;3-10H,1-2H3,(H,16,17);3-10H,11H2,1-2H3;2*3-6H,1-2H3. The molecule has 15 aromatic carbocycles. The van der Waals surface area contributed by atoms with Crippen molar-refractivity contribution in [2.45, 2.75) is 131 Å². The molecule has 15 rings (SSSR count). The molecule has 0 bridgehead atoms. The van der Waals surface area contributed by atoms with Gasteiger partial charge in [-0.1, -0.05) is 370 Å². The summed E-state index contributed by atoms with van der Waals surface area (Å²) in [6, 6.07) is 117. The van der Waals surface area contributed by atoms with Crippen LogP contribution in [0.15, 0.2) is 340 Å². The highest BCUT2D eigenvalue weighted by atomic mass is 16.5. The maximum Gasteiger partial charge on any atom is 0.323 e. The van der Waals surface area contributed by atoms with Crippen LogP contribution in [0.4, 0.5) is 21.9 Å². The summed E-state index contributed by atoms with van der Waals surface area (Å²) < 4.78 is 10.5. The minimum atomic E-state index is -0.322. The van der Waals surface area contributed by atoms with E-state index in [1.54, 1.807) is 26.4 Å². The van der Waals surface area contributed by atoms with E-state index in [9.17, 15) is 9.59 Å². The first-order valence-electron chi connectivity index (χ1n) is 41.7. The molecule has 0 saturated carbocycles. The summed E-state index contributed by atoms with van der Waals surface area (Å²) in [6.07, 6.45) is 5.31. The van der Waals surface area contributed by atoms with Crippen molar-refractivity contribution in [2.24, 2.45) is 0 Å². The van der Waals surface area contributed by atoms with E-state index in [0.717, 1.165) is 40.3 Å². The van der Waals surface area contributed by atoms with Gasteiger partial charge < -0.3 is 25.4 Å². The van der Waals surface area contributed by atoms with Gasteiger partial charge in [-0.05, 0) is 256 Å². The molecule has 7 heteroatoms. The van der Waals surface area contributed by atoms with E-state index < -0.39 is 0 Å². The number of urea groups is 1. The van der Waals surface area contributed by atoms with Crippen LogP contribution in [0.2, 0.25) is 0 Å². The largest absolute Gasteiger partial charge is 0.496 e. The monoisotopic (exact) mass is 1610 g/mol. The molecule has 0 aliphatic carbocycles. The summed E-state index contributed by atoms with van der Waals surface area (Å²) in [5, 5.41) is 8.41. The molecule has 0 aromatic heterocycles. The molecule has 15 aromatic rings. The van der Waals surface area contributed by atoms with Crippen LogP contribution in [0.25, 0.3) is 45.5 Å². The predicted molar refractivity (Wildman–Crippen MR) is 524 cm³/mol. The summed E-state index contributed by atoms with van der Waals surface area (Å²) in [7, 11) is 3.20. The highest BCUT2D eigenvalue weighted by Gasteiger charge is 2.11.